The van der Waals surface area contributed by atoms with Crippen LogP contribution in [0.3, 0.4) is 0 Å². The van der Waals surface area contributed by atoms with Crippen molar-refractivity contribution in [3.63, 3.8) is 0 Å². The van der Waals surface area contributed by atoms with E-state index in [0.717, 1.165) is 6.42 Å². The molecule has 2 nitrogen and oxygen atoms in total. The van der Waals surface area contributed by atoms with Crippen LogP contribution in [0.5, 0.6) is 0 Å². The lowest BCUT2D eigenvalue weighted by Crippen LogP contribution is -2.49. The highest BCUT2D eigenvalue weighted by atomic mass is 16.5. The molecule has 82 valence electrons. The number of hydrogen-bond acceptors (Lipinski definition) is 2. The number of aryl methyl sites for hydroxylation is 1. The van der Waals surface area contributed by atoms with E-state index in [1.807, 2.05) is 0 Å². The molecule has 1 aromatic rings. The predicted octanol–water partition coefficient (Wildman–Crippen LogP) is 1.90. The van der Waals surface area contributed by atoms with E-state index in [-0.39, 0.29) is 12.0 Å². The summed E-state index contributed by atoms with van der Waals surface area (Å²) in [4.78, 5) is 0. The zero-order valence-corrected chi connectivity index (χ0v) is 9.20. The Bertz CT molecular complexity index is 306. The highest BCUT2D eigenvalue weighted by Crippen LogP contribution is 2.31. The molecule has 0 radical (unpaired) electrons. The van der Waals surface area contributed by atoms with Crippen molar-refractivity contribution in [2.24, 2.45) is 0 Å². The molecule has 0 atom stereocenters. The van der Waals surface area contributed by atoms with Crippen molar-refractivity contribution in [2.75, 3.05) is 19.8 Å². The molecule has 2 rings (SSSR count). The number of benzene rings is 1. The van der Waals surface area contributed by atoms with Gasteiger partial charge in [0.25, 0.3) is 0 Å². The second-order valence-corrected chi connectivity index (χ2v) is 4.38. The minimum absolute atomic E-state index is 0.120. The Morgan fingerprint density at radius 3 is 2.33 bits per heavy atom. The van der Waals surface area contributed by atoms with Crippen LogP contribution in [-0.2, 0) is 16.6 Å². The summed E-state index contributed by atoms with van der Waals surface area (Å²) in [6.45, 7) is 3.66. The van der Waals surface area contributed by atoms with Crippen LogP contribution in [0, 0.1) is 0 Å². The van der Waals surface area contributed by atoms with Crippen molar-refractivity contribution < 1.29 is 9.84 Å². The van der Waals surface area contributed by atoms with E-state index < -0.39 is 0 Å². The summed E-state index contributed by atoms with van der Waals surface area (Å²) in [5.74, 6) is 0. The first-order chi connectivity index (χ1) is 7.30. The molecule has 15 heavy (non-hydrogen) atoms. The maximum atomic E-state index is 9.38. The quantitative estimate of drug-likeness (QED) is 0.815. The molecule has 0 unspecified atom stereocenters. The topological polar surface area (TPSA) is 29.5 Å². The molecule has 1 saturated heterocycles. The molecule has 0 bridgehead atoms. The third-order valence-corrected chi connectivity index (χ3v) is 3.16. The third-order valence-electron chi connectivity index (χ3n) is 3.16. The normalized spacial score (nSPS) is 18.5. The molecule has 1 fully saturated rings. The van der Waals surface area contributed by atoms with E-state index in [1.165, 1.54) is 17.5 Å². The summed E-state index contributed by atoms with van der Waals surface area (Å²) < 4.78 is 5.20. The van der Waals surface area contributed by atoms with Gasteiger partial charge < -0.3 is 9.84 Å². The second kappa shape index (κ2) is 4.33. The molecule has 1 aliphatic rings. The van der Waals surface area contributed by atoms with E-state index in [1.54, 1.807) is 0 Å². The van der Waals surface area contributed by atoms with Crippen LogP contribution in [0.15, 0.2) is 24.3 Å². The molecule has 0 saturated carbocycles. The Labute approximate surface area is 90.9 Å². The fourth-order valence-corrected chi connectivity index (χ4v) is 2.01. The number of ether oxygens (including phenoxy) is 1. The average molecular weight is 206 g/mol. The van der Waals surface area contributed by atoms with Gasteiger partial charge in [-0.3, -0.25) is 0 Å². The van der Waals surface area contributed by atoms with Gasteiger partial charge in [0, 0.05) is 0 Å². The lowest BCUT2D eigenvalue weighted by atomic mass is 9.79. The molecule has 1 aromatic carbocycles. The van der Waals surface area contributed by atoms with Gasteiger partial charge in [0.05, 0.1) is 25.2 Å². The van der Waals surface area contributed by atoms with E-state index >= 15 is 0 Å². The molecule has 0 amide bonds. The summed E-state index contributed by atoms with van der Waals surface area (Å²) in [5, 5.41) is 9.38. The van der Waals surface area contributed by atoms with Gasteiger partial charge in [-0.1, -0.05) is 37.6 Å². The van der Waals surface area contributed by atoms with E-state index in [2.05, 4.69) is 31.2 Å². The van der Waals surface area contributed by atoms with Crippen LogP contribution in [0.2, 0.25) is 0 Å². The Morgan fingerprint density at radius 2 is 1.93 bits per heavy atom. The van der Waals surface area contributed by atoms with Crippen molar-refractivity contribution in [3.05, 3.63) is 35.4 Å². The van der Waals surface area contributed by atoms with Crippen LogP contribution >= 0.6 is 0 Å². The average Bonchev–Trinajstić information content (AvgIpc) is 2.20. The van der Waals surface area contributed by atoms with Gasteiger partial charge in [0.2, 0.25) is 0 Å². The Morgan fingerprint density at radius 1 is 1.27 bits per heavy atom. The maximum absolute atomic E-state index is 9.38. The lowest BCUT2D eigenvalue weighted by Gasteiger charge is -2.40. The molecule has 1 aliphatic heterocycles. The molecule has 2 heteroatoms. The molecule has 0 spiro atoms. The molecule has 1 N–H and O–H groups in total. The molecule has 1 heterocycles. The highest BCUT2D eigenvalue weighted by molar-refractivity contribution is 5.31. The number of hydrogen-bond donors (Lipinski definition) is 1. The summed E-state index contributed by atoms with van der Waals surface area (Å²) in [5.41, 5.74) is 2.45. The first kappa shape index (κ1) is 10.7. The van der Waals surface area contributed by atoms with Crippen LogP contribution in [0.4, 0.5) is 0 Å². The van der Waals surface area contributed by atoms with Crippen molar-refractivity contribution in [1.82, 2.24) is 0 Å². The van der Waals surface area contributed by atoms with Gasteiger partial charge in [-0.25, -0.2) is 0 Å². The van der Waals surface area contributed by atoms with Gasteiger partial charge in [-0.05, 0) is 17.5 Å². The fraction of sp³-hybridized carbons (Fsp3) is 0.538. The highest BCUT2D eigenvalue weighted by Gasteiger charge is 2.39. The van der Waals surface area contributed by atoms with E-state index in [0.29, 0.717) is 13.2 Å². The Kier molecular flexibility index (Phi) is 3.08. The minimum Gasteiger partial charge on any atom is -0.395 e. The number of aliphatic hydroxyl groups is 1. The van der Waals surface area contributed by atoms with Crippen molar-refractivity contribution in [3.8, 4) is 0 Å². The van der Waals surface area contributed by atoms with Crippen LogP contribution in [-0.4, -0.2) is 24.9 Å². The smallest absolute Gasteiger partial charge is 0.0651 e. The van der Waals surface area contributed by atoms with Gasteiger partial charge in [-0.2, -0.15) is 0 Å². The van der Waals surface area contributed by atoms with Gasteiger partial charge >= 0.3 is 0 Å². The number of aliphatic hydroxyl groups excluding tert-OH is 1. The van der Waals surface area contributed by atoms with Gasteiger partial charge in [0.1, 0.15) is 0 Å². The molecule has 0 aromatic heterocycles. The largest absolute Gasteiger partial charge is 0.395 e. The minimum atomic E-state index is -0.120. The van der Waals surface area contributed by atoms with Crippen molar-refractivity contribution in [1.29, 1.82) is 0 Å². The van der Waals surface area contributed by atoms with Crippen molar-refractivity contribution >= 4 is 0 Å². The monoisotopic (exact) mass is 206 g/mol. The van der Waals surface area contributed by atoms with Gasteiger partial charge in [-0.15, -0.1) is 0 Å². The first-order valence-corrected chi connectivity index (χ1v) is 5.59. The molecular weight excluding hydrogens is 188 g/mol. The van der Waals surface area contributed by atoms with Crippen LogP contribution < -0.4 is 0 Å². The van der Waals surface area contributed by atoms with Crippen LogP contribution in [0.1, 0.15) is 24.5 Å². The maximum Gasteiger partial charge on any atom is 0.0651 e. The number of rotatable bonds is 4. The second-order valence-electron chi connectivity index (χ2n) is 4.38. The SMILES string of the molecule is CCCc1ccc(C2(CO)COC2)cc1. The van der Waals surface area contributed by atoms with Gasteiger partial charge in [0.15, 0.2) is 0 Å². The van der Waals surface area contributed by atoms with Crippen LogP contribution in [0.25, 0.3) is 0 Å². The standard InChI is InChI=1S/C13H18O2/c1-2-3-11-4-6-12(7-5-11)13(8-14)9-15-10-13/h4-7,14H,2-3,8-10H2,1H3. The summed E-state index contributed by atoms with van der Waals surface area (Å²) in [6.07, 6.45) is 2.30. The lowest BCUT2D eigenvalue weighted by molar-refractivity contribution is -0.0841. The Balaban J connectivity index is 2.15. The summed E-state index contributed by atoms with van der Waals surface area (Å²) >= 11 is 0. The van der Waals surface area contributed by atoms with E-state index in [4.69, 9.17) is 4.74 Å². The van der Waals surface area contributed by atoms with Crippen molar-refractivity contribution in [2.45, 2.75) is 25.2 Å². The first-order valence-electron chi connectivity index (χ1n) is 5.59. The third kappa shape index (κ3) is 1.92. The summed E-state index contributed by atoms with van der Waals surface area (Å²) in [7, 11) is 0. The predicted molar refractivity (Wildman–Crippen MR) is 60.0 cm³/mol. The fourth-order valence-electron chi connectivity index (χ4n) is 2.01. The zero-order valence-electron chi connectivity index (χ0n) is 9.20. The van der Waals surface area contributed by atoms with E-state index in [9.17, 15) is 5.11 Å². The zero-order chi connectivity index (χ0) is 10.7. The molecular formula is C13H18O2. The Hall–Kier alpha value is -0.860. The summed E-state index contributed by atoms with van der Waals surface area (Å²) in [6, 6.07) is 8.58. The molecule has 0 aliphatic carbocycles.